The molecule has 0 bridgehead atoms. The van der Waals surface area contributed by atoms with E-state index in [9.17, 15) is 19.4 Å². The van der Waals surface area contributed by atoms with Crippen LogP contribution in [-0.4, -0.2) is 48.4 Å². The molecule has 190 valence electrons. The Morgan fingerprint density at radius 1 is 0.906 bits per heavy atom. The Labute approximate surface area is 194 Å². The molecule has 2 atom stereocenters. The first-order chi connectivity index (χ1) is 15.4. The molecule has 0 amide bonds. The van der Waals surface area contributed by atoms with Gasteiger partial charge in [0.2, 0.25) is 0 Å². The lowest BCUT2D eigenvalue weighted by Crippen LogP contribution is -2.23. The Hall–Kier alpha value is -0.760. The van der Waals surface area contributed by atoms with E-state index in [0.717, 1.165) is 19.3 Å². The van der Waals surface area contributed by atoms with Gasteiger partial charge in [0.1, 0.15) is 12.7 Å². The molecule has 9 heteroatoms. The van der Waals surface area contributed by atoms with E-state index in [1.165, 1.54) is 64.2 Å². The molecule has 0 aromatic heterocycles. The van der Waals surface area contributed by atoms with E-state index in [0.29, 0.717) is 6.42 Å². The monoisotopic (exact) mass is 479 g/mol. The molecule has 0 rings (SSSR count). The highest BCUT2D eigenvalue weighted by Gasteiger charge is 2.22. The van der Waals surface area contributed by atoms with Gasteiger partial charge in [-0.2, -0.15) is 0 Å². The van der Waals surface area contributed by atoms with Crippen LogP contribution in [0, 0.1) is 0 Å². The third-order valence-electron chi connectivity index (χ3n) is 4.88. The van der Waals surface area contributed by atoms with Crippen LogP contribution in [0.3, 0.4) is 0 Å². The van der Waals surface area contributed by atoms with Gasteiger partial charge in [0.05, 0.1) is 13.2 Å². The van der Waals surface area contributed by atoms with E-state index in [2.05, 4.69) is 28.1 Å². The first kappa shape index (κ1) is 31.2. The fourth-order valence-electron chi connectivity index (χ4n) is 3.04. The van der Waals surface area contributed by atoms with Crippen LogP contribution in [0.15, 0.2) is 12.2 Å². The van der Waals surface area contributed by atoms with Crippen LogP contribution in [0.25, 0.3) is 0 Å². The summed E-state index contributed by atoms with van der Waals surface area (Å²) in [6, 6.07) is 0. The Balaban J connectivity index is 3.47. The number of aliphatic hydroxyl groups is 1. The zero-order valence-electron chi connectivity index (χ0n) is 19.9. The number of esters is 1. The molecule has 0 aliphatic rings. The van der Waals surface area contributed by atoms with Crippen molar-refractivity contribution < 1.29 is 33.1 Å². The number of phosphoric ester groups is 1. The number of phosphoric acid groups is 1. The molecule has 0 spiro atoms. The number of carbonyl (C=O) groups excluding carboxylic acids is 1. The minimum absolute atomic E-state index is 0.0744. The van der Waals surface area contributed by atoms with E-state index in [1.807, 2.05) is 0 Å². The lowest BCUT2D eigenvalue weighted by Gasteiger charge is -2.15. The summed E-state index contributed by atoms with van der Waals surface area (Å²) in [7, 11) is -4.24. The maximum absolute atomic E-state index is 11.7. The number of aliphatic hydroxyl groups excluding tert-OH is 1. The predicted octanol–water partition coefficient (Wildman–Crippen LogP) is 5.02. The van der Waals surface area contributed by atoms with E-state index in [4.69, 9.17) is 10.5 Å². The summed E-state index contributed by atoms with van der Waals surface area (Å²) in [4.78, 5) is 21.0. The van der Waals surface area contributed by atoms with Crippen molar-refractivity contribution in [2.45, 2.75) is 103 Å². The number of unbranched alkanes of at least 4 members (excludes halogenated alkanes) is 11. The second kappa shape index (κ2) is 22.1. The van der Waals surface area contributed by atoms with E-state index in [1.54, 1.807) is 0 Å². The lowest BCUT2D eigenvalue weighted by atomic mass is 10.1. The number of ether oxygens (including phenoxy) is 1. The van der Waals surface area contributed by atoms with Crippen LogP contribution in [-0.2, 0) is 23.1 Å². The van der Waals surface area contributed by atoms with Crippen LogP contribution in [0.5, 0.6) is 0 Å². The van der Waals surface area contributed by atoms with Gasteiger partial charge in [0.25, 0.3) is 0 Å². The van der Waals surface area contributed by atoms with Crippen molar-refractivity contribution in [3.8, 4) is 0 Å². The molecule has 0 aliphatic heterocycles. The van der Waals surface area contributed by atoms with Gasteiger partial charge in [-0.25, -0.2) is 4.57 Å². The fraction of sp³-hybridized carbons (Fsp3) is 0.870. The minimum atomic E-state index is -4.24. The molecule has 0 fully saturated rings. The first-order valence-corrected chi connectivity index (χ1v) is 13.7. The first-order valence-electron chi connectivity index (χ1n) is 12.2. The normalized spacial score (nSPS) is 14.5. The molecule has 0 radical (unpaired) electrons. The highest BCUT2D eigenvalue weighted by atomic mass is 31.2. The van der Waals surface area contributed by atoms with E-state index >= 15 is 0 Å². The van der Waals surface area contributed by atoms with Crippen molar-refractivity contribution in [3.05, 3.63) is 12.2 Å². The van der Waals surface area contributed by atoms with Crippen molar-refractivity contribution in [2.24, 2.45) is 5.73 Å². The quantitative estimate of drug-likeness (QED) is 0.0806. The number of hydrogen-bond acceptors (Lipinski definition) is 7. The lowest BCUT2D eigenvalue weighted by molar-refractivity contribution is -0.147. The van der Waals surface area contributed by atoms with Gasteiger partial charge in [-0.1, -0.05) is 70.4 Å². The molecule has 0 saturated carbocycles. The molecular weight excluding hydrogens is 433 g/mol. The SMILES string of the molecule is CCCCCCC=CCCCCCCCCCC(=O)OCC(O)COP(=O)(O)OCCN. The van der Waals surface area contributed by atoms with Crippen LogP contribution in [0.2, 0.25) is 0 Å². The number of nitrogens with two attached hydrogens (primary N) is 1. The van der Waals surface area contributed by atoms with Crippen molar-refractivity contribution >= 4 is 13.8 Å². The number of allylic oxidation sites excluding steroid dienone is 2. The Kier molecular flexibility index (Phi) is 21.5. The van der Waals surface area contributed by atoms with Gasteiger partial charge >= 0.3 is 13.8 Å². The third kappa shape index (κ3) is 22.4. The molecule has 4 N–H and O–H groups in total. The van der Waals surface area contributed by atoms with Crippen LogP contribution < -0.4 is 5.73 Å². The minimum Gasteiger partial charge on any atom is -0.463 e. The van der Waals surface area contributed by atoms with Crippen LogP contribution >= 0.6 is 7.82 Å². The Morgan fingerprint density at radius 2 is 1.47 bits per heavy atom. The third-order valence-corrected chi connectivity index (χ3v) is 5.87. The van der Waals surface area contributed by atoms with Gasteiger partial charge in [-0.15, -0.1) is 0 Å². The zero-order chi connectivity index (χ0) is 23.9. The standard InChI is InChI=1S/C23H46NO7P/c1-2-3-4-5-6-7-8-9-10-11-12-13-14-15-16-17-23(26)29-20-22(25)21-31-32(27,28)30-19-18-24/h7-8,22,25H,2-6,9-21,24H2,1H3,(H,27,28). The number of rotatable bonds is 23. The van der Waals surface area contributed by atoms with Gasteiger partial charge < -0.3 is 20.5 Å². The Morgan fingerprint density at radius 3 is 2.06 bits per heavy atom. The van der Waals surface area contributed by atoms with Gasteiger partial charge in [-0.05, 0) is 32.1 Å². The number of hydrogen-bond donors (Lipinski definition) is 3. The zero-order valence-corrected chi connectivity index (χ0v) is 20.8. The van der Waals surface area contributed by atoms with Crippen molar-refractivity contribution in [1.82, 2.24) is 0 Å². The highest BCUT2D eigenvalue weighted by Crippen LogP contribution is 2.42. The largest absolute Gasteiger partial charge is 0.472 e. The highest BCUT2D eigenvalue weighted by molar-refractivity contribution is 7.47. The molecule has 0 heterocycles. The maximum Gasteiger partial charge on any atom is 0.472 e. The van der Waals surface area contributed by atoms with E-state index in [-0.39, 0.29) is 19.8 Å². The molecule has 0 aromatic rings. The Bertz CT molecular complexity index is 517. The number of carbonyl (C=O) groups is 1. The summed E-state index contributed by atoms with van der Waals surface area (Å²) in [5, 5.41) is 9.67. The summed E-state index contributed by atoms with van der Waals surface area (Å²) in [5.41, 5.74) is 5.17. The topological polar surface area (TPSA) is 128 Å². The van der Waals surface area contributed by atoms with Gasteiger partial charge in [0, 0.05) is 13.0 Å². The summed E-state index contributed by atoms with van der Waals surface area (Å²) >= 11 is 0. The molecule has 32 heavy (non-hydrogen) atoms. The van der Waals surface area contributed by atoms with Crippen LogP contribution in [0.4, 0.5) is 0 Å². The van der Waals surface area contributed by atoms with Gasteiger partial charge in [-0.3, -0.25) is 13.8 Å². The molecule has 2 unspecified atom stereocenters. The smallest absolute Gasteiger partial charge is 0.463 e. The summed E-state index contributed by atoms with van der Waals surface area (Å²) < 4.78 is 25.5. The van der Waals surface area contributed by atoms with Crippen molar-refractivity contribution in [2.75, 3.05) is 26.4 Å². The predicted molar refractivity (Wildman–Crippen MR) is 127 cm³/mol. The van der Waals surface area contributed by atoms with Crippen molar-refractivity contribution in [1.29, 1.82) is 0 Å². The molecule has 0 aromatic carbocycles. The average molecular weight is 480 g/mol. The summed E-state index contributed by atoms with van der Waals surface area (Å²) in [6.45, 7) is 1.42. The molecule has 0 saturated heterocycles. The van der Waals surface area contributed by atoms with Gasteiger partial charge in [0.15, 0.2) is 0 Å². The van der Waals surface area contributed by atoms with E-state index < -0.39 is 26.5 Å². The molecule has 8 nitrogen and oxygen atoms in total. The fourth-order valence-corrected chi connectivity index (χ4v) is 3.81. The second-order valence-corrected chi connectivity index (χ2v) is 9.51. The second-order valence-electron chi connectivity index (χ2n) is 8.06. The maximum atomic E-state index is 11.7. The molecule has 0 aliphatic carbocycles. The van der Waals surface area contributed by atoms with Crippen LogP contribution in [0.1, 0.15) is 96.8 Å². The van der Waals surface area contributed by atoms with Crippen molar-refractivity contribution in [3.63, 3.8) is 0 Å². The summed E-state index contributed by atoms with van der Waals surface area (Å²) in [6.07, 6.45) is 19.2. The molecular formula is C23H46NO7P. The summed E-state index contributed by atoms with van der Waals surface area (Å²) in [5.74, 6) is -0.392. The average Bonchev–Trinajstić information content (AvgIpc) is 2.77.